The van der Waals surface area contributed by atoms with Crippen LogP contribution in [0.5, 0.6) is 5.75 Å². The zero-order chi connectivity index (χ0) is 14.9. The van der Waals surface area contributed by atoms with Crippen molar-refractivity contribution in [1.82, 2.24) is 0 Å². The van der Waals surface area contributed by atoms with Gasteiger partial charge in [-0.3, -0.25) is 0 Å². The highest BCUT2D eigenvalue weighted by Gasteiger charge is 1.97. The summed E-state index contributed by atoms with van der Waals surface area (Å²) in [7, 11) is 0. The summed E-state index contributed by atoms with van der Waals surface area (Å²) in [6, 6.07) is 14.6. The molecule has 2 aromatic rings. The topological polar surface area (TPSA) is 18.5 Å². The average molecular weight is 284 g/mol. The van der Waals surface area contributed by atoms with Gasteiger partial charge in [0.15, 0.2) is 0 Å². The molecule has 0 spiro atoms. The minimum Gasteiger partial charge on any atom is -0.494 e. The molecule has 0 aromatic heterocycles. The predicted octanol–water partition coefficient (Wildman–Crippen LogP) is 4.98. The Labute approximate surface area is 127 Å². The third-order valence-electron chi connectivity index (χ3n) is 3.35. The molecule has 21 heavy (non-hydrogen) atoms. The molecule has 2 nitrogen and oxygen atoms in total. The lowest BCUT2D eigenvalue weighted by Gasteiger charge is -2.08. The van der Waals surface area contributed by atoms with E-state index in [2.05, 4.69) is 43.0 Å². The molecule has 0 unspecified atom stereocenters. The van der Waals surface area contributed by atoms with Gasteiger partial charge in [-0.2, -0.15) is 0 Å². The third-order valence-corrected chi connectivity index (χ3v) is 3.35. The van der Waals surface area contributed by atoms with Crippen molar-refractivity contribution in [3.05, 3.63) is 54.6 Å². The first kappa shape index (κ1) is 15.6. The second-order valence-corrected chi connectivity index (χ2v) is 5.38. The van der Waals surface area contributed by atoms with E-state index in [1.807, 2.05) is 13.0 Å². The van der Waals surface area contributed by atoms with Crippen molar-refractivity contribution in [2.24, 2.45) is 0 Å². The van der Waals surface area contributed by atoms with Crippen LogP contribution < -0.4 is 4.74 Å². The number of benzene rings is 2. The lowest BCUT2D eigenvalue weighted by Crippen LogP contribution is -2.02. The van der Waals surface area contributed by atoms with Gasteiger partial charge < -0.3 is 9.47 Å². The first-order chi connectivity index (χ1) is 10.3. The van der Waals surface area contributed by atoms with E-state index in [0.29, 0.717) is 0 Å². The molecular formula is C19H24O2. The van der Waals surface area contributed by atoms with Crippen LogP contribution in [-0.2, 0) is 4.74 Å². The van der Waals surface area contributed by atoms with Gasteiger partial charge in [-0.25, -0.2) is 0 Å². The van der Waals surface area contributed by atoms with Gasteiger partial charge in [0, 0.05) is 6.61 Å². The van der Waals surface area contributed by atoms with Gasteiger partial charge in [-0.15, -0.1) is 6.58 Å². The van der Waals surface area contributed by atoms with Gasteiger partial charge >= 0.3 is 0 Å². The molecule has 0 aliphatic carbocycles. The molecular weight excluding hydrogens is 260 g/mol. The van der Waals surface area contributed by atoms with Crippen molar-refractivity contribution in [3.8, 4) is 5.75 Å². The summed E-state index contributed by atoms with van der Waals surface area (Å²) in [6.07, 6.45) is 3.00. The Morgan fingerprint density at radius 2 is 1.71 bits per heavy atom. The fraction of sp³-hybridized carbons (Fsp3) is 0.368. The number of hydrogen-bond donors (Lipinski definition) is 0. The number of ether oxygens (including phenoxy) is 2. The van der Waals surface area contributed by atoms with Crippen LogP contribution in [0.2, 0.25) is 0 Å². The highest BCUT2D eigenvalue weighted by molar-refractivity contribution is 5.83. The SMILES string of the molecule is C=C(C)CCOCCCCOc1ccc2ccccc2c1. The van der Waals surface area contributed by atoms with Crippen LogP contribution in [0.15, 0.2) is 54.6 Å². The van der Waals surface area contributed by atoms with E-state index in [1.165, 1.54) is 16.3 Å². The molecule has 0 saturated heterocycles. The lowest BCUT2D eigenvalue weighted by molar-refractivity contribution is 0.129. The minimum atomic E-state index is 0.738. The second kappa shape index (κ2) is 8.48. The molecule has 0 radical (unpaired) electrons. The summed E-state index contributed by atoms with van der Waals surface area (Å²) in [5.74, 6) is 0.942. The lowest BCUT2D eigenvalue weighted by atomic mass is 10.1. The molecule has 0 aliphatic heterocycles. The van der Waals surface area contributed by atoms with Gasteiger partial charge in [-0.05, 0) is 49.1 Å². The van der Waals surface area contributed by atoms with Crippen molar-refractivity contribution >= 4 is 10.8 Å². The molecule has 0 amide bonds. The number of hydrogen-bond acceptors (Lipinski definition) is 2. The normalized spacial score (nSPS) is 10.7. The maximum atomic E-state index is 5.79. The smallest absolute Gasteiger partial charge is 0.119 e. The summed E-state index contributed by atoms with van der Waals surface area (Å²) in [5.41, 5.74) is 1.18. The fourth-order valence-electron chi connectivity index (χ4n) is 2.10. The summed E-state index contributed by atoms with van der Waals surface area (Å²) >= 11 is 0. The van der Waals surface area contributed by atoms with Crippen LogP contribution in [-0.4, -0.2) is 19.8 Å². The number of fused-ring (bicyclic) bond motifs is 1. The molecule has 2 rings (SSSR count). The van der Waals surface area contributed by atoms with Gasteiger partial charge in [0.1, 0.15) is 5.75 Å². The summed E-state index contributed by atoms with van der Waals surface area (Å²) in [4.78, 5) is 0. The van der Waals surface area contributed by atoms with E-state index in [-0.39, 0.29) is 0 Å². The van der Waals surface area contributed by atoms with Crippen LogP contribution in [0.25, 0.3) is 10.8 Å². The molecule has 0 atom stereocenters. The first-order valence-corrected chi connectivity index (χ1v) is 7.59. The highest BCUT2D eigenvalue weighted by atomic mass is 16.5. The monoisotopic (exact) mass is 284 g/mol. The predicted molar refractivity (Wildman–Crippen MR) is 88.9 cm³/mol. The molecule has 0 aliphatic rings. The van der Waals surface area contributed by atoms with Gasteiger partial charge in [0.05, 0.1) is 13.2 Å². The molecule has 112 valence electrons. The Kier molecular flexibility index (Phi) is 6.29. The average Bonchev–Trinajstić information content (AvgIpc) is 2.49. The number of rotatable bonds is 9. The van der Waals surface area contributed by atoms with Crippen molar-refractivity contribution in [3.63, 3.8) is 0 Å². The third kappa shape index (κ3) is 5.60. The molecule has 0 fully saturated rings. The first-order valence-electron chi connectivity index (χ1n) is 7.59. The standard InChI is InChI=1S/C19H24O2/c1-16(2)11-14-20-12-5-6-13-21-19-10-9-17-7-3-4-8-18(17)15-19/h3-4,7-10,15H,1,5-6,11-14H2,2H3. The molecule has 2 aromatic carbocycles. The van der Waals surface area contributed by atoms with E-state index >= 15 is 0 Å². The van der Waals surface area contributed by atoms with Crippen molar-refractivity contribution < 1.29 is 9.47 Å². The quantitative estimate of drug-likeness (QED) is 0.477. The van der Waals surface area contributed by atoms with E-state index in [1.54, 1.807) is 0 Å². The zero-order valence-electron chi connectivity index (χ0n) is 12.8. The van der Waals surface area contributed by atoms with Crippen LogP contribution in [0.3, 0.4) is 0 Å². The molecule has 0 N–H and O–H groups in total. The summed E-state index contributed by atoms with van der Waals surface area (Å²) < 4.78 is 11.3. The Morgan fingerprint density at radius 1 is 0.952 bits per heavy atom. The fourth-order valence-corrected chi connectivity index (χ4v) is 2.10. The summed E-state index contributed by atoms with van der Waals surface area (Å²) in [5, 5.41) is 2.47. The van der Waals surface area contributed by atoms with Crippen LogP contribution in [0.4, 0.5) is 0 Å². The highest BCUT2D eigenvalue weighted by Crippen LogP contribution is 2.20. The van der Waals surface area contributed by atoms with Crippen LogP contribution >= 0.6 is 0 Å². The van der Waals surface area contributed by atoms with Gasteiger partial charge in [0.2, 0.25) is 0 Å². The molecule has 2 heteroatoms. The largest absolute Gasteiger partial charge is 0.494 e. The van der Waals surface area contributed by atoms with Crippen molar-refractivity contribution in [2.75, 3.05) is 19.8 Å². The van der Waals surface area contributed by atoms with Crippen molar-refractivity contribution in [1.29, 1.82) is 0 Å². The second-order valence-electron chi connectivity index (χ2n) is 5.38. The molecule has 0 bridgehead atoms. The van der Waals surface area contributed by atoms with Crippen LogP contribution in [0, 0.1) is 0 Å². The van der Waals surface area contributed by atoms with E-state index in [9.17, 15) is 0 Å². The van der Waals surface area contributed by atoms with E-state index in [4.69, 9.17) is 9.47 Å². The maximum Gasteiger partial charge on any atom is 0.119 e. The minimum absolute atomic E-state index is 0.738. The Balaban J connectivity index is 1.62. The maximum absolute atomic E-state index is 5.79. The van der Waals surface area contributed by atoms with Crippen LogP contribution in [0.1, 0.15) is 26.2 Å². The van der Waals surface area contributed by atoms with Gasteiger partial charge in [0.25, 0.3) is 0 Å². The Morgan fingerprint density at radius 3 is 2.52 bits per heavy atom. The summed E-state index contributed by atoms with van der Waals surface area (Å²) in [6.45, 7) is 8.20. The van der Waals surface area contributed by atoms with E-state index in [0.717, 1.165) is 44.8 Å². The van der Waals surface area contributed by atoms with Crippen molar-refractivity contribution in [2.45, 2.75) is 26.2 Å². The Hall–Kier alpha value is -1.80. The van der Waals surface area contributed by atoms with E-state index < -0.39 is 0 Å². The number of unbranched alkanes of at least 4 members (excludes halogenated alkanes) is 1. The van der Waals surface area contributed by atoms with Gasteiger partial charge in [-0.1, -0.05) is 35.9 Å². The zero-order valence-corrected chi connectivity index (χ0v) is 12.8. The Bertz CT molecular complexity index is 575. The molecule has 0 heterocycles. The molecule has 0 saturated carbocycles.